The predicted octanol–water partition coefficient (Wildman–Crippen LogP) is 2.50. The van der Waals surface area contributed by atoms with E-state index < -0.39 is 0 Å². The van der Waals surface area contributed by atoms with Gasteiger partial charge in [-0.1, -0.05) is 6.92 Å². The van der Waals surface area contributed by atoms with Crippen molar-refractivity contribution in [3.05, 3.63) is 24.3 Å². The van der Waals surface area contributed by atoms with Gasteiger partial charge in [-0.25, -0.2) is 0 Å². The van der Waals surface area contributed by atoms with Crippen molar-refractivity contribution >= 4 is 23.4 Å². The van der Waals surface area contributed by atoms with Crippen LogP contribution in [0.25, 0.3) is 0 Å². The zero-order valence-electron chi connectivity index (χ0n) is 11.0. The first kappa shape index (κ1) is 13.4. The van der Waals surface area contributed by atoms with Crippen molar-refractivity contribution in [2.75, 3.05) is 24.2 Å². The summed E-state index contributed by atoms with van der Waals surface area (Å²) in [6.07, 6.45) is 1.85. The van der Waals surface area contributed by atoms with Gasteiger partial charge in [0, 0.05) is 24.2 Å². The molecule has 0 radical (unpaired) electrons. The number of benzene rings is 1. The SMILES string of the molecule is CCSc1ccc(N(C)C(=O)C2(CN)CC2)cc1. The highest BCUT2D eigenvalue weighted by Gasteiger charge is 2.50. The van der Waals surface area contributed by atoms with Gasteiger partial charge in [0.25, 0.3) is 0 Å². The summed E-state index contributed by atoms with van der Waals surface area (Å²) in [6.45, 7) is 2.59. The van der Waals surface area contributed by atoms with Crippen LogP contribution in [0.2, 0.25) is 0 Å². The van der Waals surface area contributed by atoms with Crippen LogP contribution in [0, 0.1) is 5.41 Å². The average molecular weight is 264 g/mol. The lowest BCUT2D eigenvalue weighted by Crippen LogP contribution is -2.38. The Morgan fingerprint density at radius 1 is 1.39 bits per heavy atom. The maximum atomic E-state index is 12.3. The summed E-state index contributed by atoms with van der Waals surface area (Å²) >= 11 is 1.80. The van der Waals surface area contributed by atoms with Gasteiger partial charge in [-0.2, -0.15) is 0 Å². The molecule has 1 aromatic rings. The molecule has 0 unspecified atom stereocenters. The summed E-state index contributed by atoms with van der Waals surface area (Å²) in [5, 5.41) is 0. The molecule has 2 rings (SSSR count). The van der Waals surface area contributed by atoms with Gasteiger partial charge in [0.15, 0.2) is 0 Å². The minimum absolute atomic E-state index is 0.154. The van der Waals surface area contributed by atoms with Crippen LogP contribution in [0.15, 0.2) is 29.2 Å². The molecule has 0 atom stereocenters. The van der Waals surface area contributed by atoms with Crippen molar-refractivity contribution in [1.29, 1.82) is 0 Å². The van der Waals surface area contributed by atoms with Crippen LogP contribution in [0.1, 0.15) is 19.8 Å². The Kier molecular flexibility index (Phi) is 3.97. The van der Waals surface area contributed by atoms with Gasteiger partial charge in [-0.3, -0.25) is 4.79 Å². The van der Waals surface area contributed by atoms with E-state index in [-0.39, 0.29) is 11.3 Å². The number of thioether (sulfide) groups is 1. The van der Waals surface area contributed by atoms with E-state index in [2.05, 4.69) is 19.1 Å². The summed E-state index contributed by atoms with van der Waals surface area (Å²) in [5.41, 5.74) is 6.37. The summed E-state index contributed by atoms with van der Waals surface area (Å²) in [7, 11) is 1.83. The summed E-state index contributed by atoms with van der Waals surface area (Å²) < 4.78 is 0. The fourth-order valence-corrected chi connectivity index (χ4v) is 2.72. The van der Waals surface area contributed by atoms with Crippen molar-refractivity contribution in [3.63, 3.8) is 0 Å². The third-order valence-electron chi connectivity index (χ3n) is 3.54. The topological polar surface area (TPSA) is 46.3 Å². The first-order valence-electron chi connectivity index (χ1n) is 6.34. The van der Waals surface area contributed by atoms with Gasteiger partial charge in [0.1, 0.15) is 0 Å². The van der Waals surface area contributed by atoms with Gasteiger partial charge < -0.3 is 10.6 Å². The molecule has 1 amide bonds. The second-order valence-corrected chi connectivity index (χ2v) is 6.11. The monoisotopic (exact) mass is 264 g/mol. The highest BCUT2D eigenvalue weighted by Crippen LogP contribution is 2.46. The molecule has 0 aliphatic heterocycles. The quantitative estimate of drug-likeness (QED) is 0.831. The zero-order valence-corrected chi connectivity index (χ0v) is 11.8. The Bertz CT molecular complexity index is 426. The molecule has 4 heteroatoms. The summed E-state index contributed by atoms with van der Waals surface area (Å²) in [4.78, 5) is 15.3. The predicted molar refractivity (Wildman–Crippen MR) is 77.0 cm³/mol. The number of nitrogens with zero attached hydrogens (tertiary/aromatic N) is 1. The van der Waals surface area contributed by atoms with Crippen molar-refractivity contribution in [2.24, 2.45) is 11.1 Å². The van der Waals surface area contributed by atoms with Crippen molar-refractivity contribution in [2.45, 2.75) is 24.7 Å². The molecule has 1 aliphatic rings. The number of hydrogen-bond acceptors (Lipinski definition) is 3. The fraction of sp³-hybridized carbons (Fsp3) is 0.500. The molecule has 0 aromatic heterocycles. The second kappa shape index (κ2) is 5.33. The van der Waals surface area contributed by atoms with Crippen LogP contribution in [0.3, 0.4) is 0 Å². The molecule has 18 heavy (non-hydrogen) atoms. The van der Waals surface area contributed by atoms with Gasteiger partial charge in [-0.05, 0) is 42.9 Å². The smallest absolute Gasteiger partial charge is 0.234 e. The molecule has 1 fully saturated rings. The van der Waals surface area contributed by atoms with Crippen LogP contribution in [-0.2, 0) is 4.79 Å². The number of nitrogens with two attached hydrogens (primary N) is 1. The minimum Gasteiger partial charge on any atom is -0.329 e. The summed E-state index contributed by atoms with van der Waals surface area (Å²) in [6, 6.07) is 8.13. The molecule has 98 valence electrons. The normalized spacial score (nSPS) is 16.4. The van der Waals surface area contributed by atoms with Gasteiger partial charge in [-0.15, -0.1) is 11.8 Å². The molecule has 2 N–H and O–H groups in total. The maximum absolute atomic E-state index is 12.3. The van der Waals surface area contributed by atoms with E-state index in [0.29, 0.717) is 6.54 Å². The molecule has 1 aromatic carbocycles. The molecule has 1 saturated carbocycles. The molecular weight excluding hydrogens is 244 g/mol. The molecular formula is C14H20N2OS. The van der Waals surface area contributed by atoms with E-state index in [1.165, 1.54) is 4.90 Å². The van der Waals surface area contributed by atoms with Crippen LogP contribution >= 0.6 is 11.8 Å². The van der Waals surface area contributed by atoms with Crippen molar-refractivity contribution < 1.29 is 4.79 Å². The Balaban J connectivity index is 2.09. The zero-order chi connectivity index (χ0) is 13.2. The van der Waals surface area contributed by atoms with Gasteiger partial charge in [0.05, 0.1) is 5.41 Å². The lowest BCUT2D eigenvalue weighted by atomic mass is 10.1. The molecule has 1 aliphatic carbocycles. The number of carbonyl (C=O) groups is 1. The Labute approximate surface area is 113 Å². The molecule has 0 bridgehead atoms. The van der Waals surface area contributed by atoms with Gasteiger partial charge >= 0.3 is 0 Å². The minimum atomic E-state index is -0.272. The van der Waals surface area contributed by atoms with Crippen LogP contribution in [-0.4, -0.2) is 25.3 Å². The first-order chi connectivity index (χ1) is 8.63. The highest BCUT2D eigenvalue weighted by molar-refractivity contribution is 7.99. The van der Waals surface area contributed by atoms with E-state index in [4.69, 9.17) is 5.73 Å². The van der Waals surface area contributed by atoms with Crippen molar-refractivity contribution in [3.8, 4) is 0 Å². The lowest BCUT2D eigenvalue weighted by molar-refractivity contribution is -0.123. The maximum Gasteiger partial charge on any atom is 0.234 e. The molecule has 3 nitrogen and oxygen atoms in total. The number of rotatable bonds is 5. The van der Waals surface area contributed by atoms with Crippen molar-refractivity contribution in [1.82, 2.24) is 0 Å². The highest BCUT2D eigenvalue weighted by atomic mass is 32.2. The average Bonchev–Trinajstić information content (AvgIpc) is 3.19. The number of hydrogen-bond donors (Lipinski definition) is 1. The third kappa shape index (κ3) is 2.54. The summed E-state index contributed by atoms with van der Waals surface area (Å²) in [5.74, 6) is 1.21. The second-order valence-electron chi connectivity index (χ2n) is 4.78. The Hall–Kier alpha value is -1.00. The van der Waals surface area contributed by atoms with Gasteiger partial charge in [0.2, 0.25) is 5.91 Å². The number of carbonyl (C=O) groups excluding carboxylic acids is 1. The third-order valence-corrected chi connectivity index (χ3v) is 4.43. The fourth-order valence-electron chi connectivity index (χ4n) is 2.06. The first-order valence-corrected chi connectivity index (χ1v) is 7.32. The molecule has 0 saturated heterocycles. The van der Waals surface area contributed by atoms with E-state index in [9.17, 15) is 4.79 Å². The van der Waals surface area contributed by atoms with E-state index in [1.54, 1.807) is 16.7 Å². The van der Waals surface area contributed by atoms with Crippen LogP contribution in [0.4, 0.5) is 5.69 Å². The lowest BCUT2D eigenvalue weighted by Gasteiger charge is -2.22. The standard InChI is InChI=1S/C14H20N2OS/c1-3-18-12-6-4-11(5-7-12)16(2)13(17)14(10-15)8-9-14/h4-7H,3,8-10,15H2,1-2H3. The molecule has 0 spiro atoms. The van der Waals surface area contributed by atoms with E-state index >= 15 is 0 Å². The number of amides is 1. The van der Waals surface area contributed by atoms with E-state index in [1.807, 2.05) is 19.2 Å². The Morgan fingerprint density at radius 2 is 2.00 bits per heavy atom. The van der Waals surface area contributed by atoms with E-state index in [0.717, 1.165) is 24.3 Å². The van der Waals surface area contributed by atoms with Crippen LogP contribution in [0.5, 0.6) is 0 Å². The van der Waals surface area contributed by atoms with Crippen LogP contribution < -0.4 is 10.6 Å². The molecule has 0 heterocycles. The largest absolute Gasteiger partial charge is 0.329 e. The number of anilines is 1. The Morgan fingerprint density at radius 3 is 2.44 bits per heavy atom.